The molecule has 0 unspecified atom stereocenters. The molecule has 31 heavy (non-hydrogen) atoms. The Morgan fingerprint density at radius 3 is 2.65 bits per heavy atom. The van der Waals surface area contributed by atoms with Crippen LogP contribution in [-0.4, -0.2) is 24.7 Å². The van der Waals surface area contributed by atoms with Gasteiger partial charge in [-0.25, -0.2) is 0 Å². The van der Waals surface area contributed by atoms with Crippen molar-refractivity contribution in [2.24, 2.45) is 5.92 Å². The first-order valence-corrected chi connectivity index (χ1v) is 11.7. The fourth-order valence-corrected chi connectivity index (χ4v) is 5.08. The molecule has 2 aromatic carbocycles. The highest BCUT2D eigenvalue weighted by atomic mass is 32.1. The number of rotatable bonds is 5. The van der Waals surface area contributed by atoms with Gasteiger partial charge in [-0.05, 0) is 73.5 Å². The zero-order valence-corrected chi connectivity index (χ0v) is 18.4. The van der Waals surface area contributed by atoms with Gasteiger partial charge in [-0.15, -0.1) is 11.3 Å². The molecule has 0 saturated carbocycles. The van der Waals surface area contributed by atoms with E-state index in [1.807, 2.05) is 23.6 Å². The van der Waals surface area contributed by atoms with Crippen LogP contribution < -0.4 is 15.6 Å². The minimum Gasteiger partial charge on any atom is -0.492 e. The Labute approximate surface area is 185 Å². The molecule has 5 rings (SSSR count). The van der Waals surface area contributed by atoms with Gasteiger partial charge in [-0.1, -0.05) is 42.0 Å². The number of aromatic nitrogens is 1. The zero-order valence-electron chi connectivity index (χ0n) is 17.6. The number of fused-ring (bicyclic) bond motifs is 1. The standard InChI is InChI=1S/C26H26N2O2S/c1-17-4-2-5-19(14-17)20-7-8-22-21(15-20)25(30-16-18-9-11-27-12-10-18)24(26(29)28-22)23-6-3-13-31-23/h2-8,13-15,18,27H,9-12,16H2,1H3,(H,28,29). The lowest BCUT2D eigenvalue weighted by Gasteiger charge is -2.23. The minimum absolute atomic E-state index is 0.0985. The molecule has 2 N–H and O–H groups in total. The number of thiophene rings is 1. The average molecular weight is 431 g/mol. The van der Waals surface area contributed by atoms with Crippen LogP contribution in [-0.2, 0) is 0 Å². The van der Waals surface area contributed by atoms with E-state index in [1.165, 1.54) is 5.56 Å². The van der Waals surface area contributed by atoms with Crippen molar-refractivity contribution in [2.45, 2.75) is 19.8 Å². The fraction of sp³-hybridized carbons (Fsp3) is 0.269. The van der Waals surface area contributed by atoms with Crippen LogP contribution in [0.5, 0.6) is 5.75 Å². The van der Waals surface area contributed by atoms with E-state index < -0.39 is 0 Å². The second-order valence-corrected chi connectivity index (χ2v) is 9.22. The van der Waals surface area contributed by atoms with Crippen LogP contribution in [0.4, 0.5) is 0 Å². The van der Waals surface area contributed by atoms with Crippen LogP contribution >= 0.6 is 11.3 Å². The molecular weight excluding hydrogens is 404 g/mol. The monoisotopic (exact) mass is 430 g/mol. The van der Waals surface area contributed by atoms with Crippen molar-refractivity contribution in [3.05, 3.63) is 75.9 Å². The van der Waals surface area contributed by atoms with Crippen LogP contribution in [0.1, 0.15) is 18.4 Å². The van der Waals surface area contributed by atoms with Gasteiger partial charge in [0.05, 0.1) is 17.7 Å². The number of aryl methyl sites for hydroxylation is 1. The fourth-order valence-electron chi connectivity index (χ4n) is 4.31. The number of ether oxygens (including phenoxy) is 1. The summed E-state index contributed by atoms with van der Waals surface area (Å²) in [4.78, 5) is 17.1. The Kier molecular flexibility index (Phi) is 5.62. The number of aromatic amines is 1. The second kappa shape index (κ2) is 8.69. The predicted molar refractivity (Wildman–Crippen MR) is 129 cm³/mol. The van der Waals surface area contributed by atoms with E-state index in [2.05, 4.69) is 53.6 Å². The lowest BCUT2D eigenvalue weighted by atomic mass is 9.98. The van der Waals surface area contributed by atoms with Gasteiger partial charge in [0.1, 0.15) is 5.75 Å². The van der Waals surface area contributed by atoms with Crippen molar-refractivity contribution in [1.82, 2.24) is 10.3 Å². The van der Waals surface area contributed by atoms with Crippen LogP contribution in [0.15, 0.2) is 64.8 Å². The first-order valence-electron chi connectivity index (χ1n) is 10.8. The predicted octanol–water partition coefficient (Wildman–Crippen LogP) is 5.61. The third kappa shape index (κ3) is 4.16. The Hall–Kier alpha value is -2.89. The average Bonchev–Trinajstić information content (AvgIpc) is 3.32. The summed E-state index contributed by atoms with van der Waals surface area (Å²) in [6.45, 7) is 4.79. The molecule has 158 valence electrons. The van der Waals surface area contributed by atoms with Gasteiger partial charge in [0, 0.05) is 10.3 Å². The Balaban J connectivity index is 1.65. The van der Waals surface area contributed by atoms with Crippen molar-refractivity contribution < 1.29 is 4.74 Å². The molecule has 1 aliphatic rings. The molecule has 0 amide bonds. The number of pyridine rings is 1. The SMILES string of the molecule is Cc1cccc(-c2ccc3[nH]c(=O)c(-c4cccs4)c(OCC4CCNCC4)c3c2)c1. The highest BCUT2D eigenvalue weighted by Gasteiger charge is 2.20. The van der Waals surface area contributed by atoms with Crippen molar-refractivity contribution in [3.63, 3.8) is 0 Å². The maximum Gasteiger partial charge on any atom is 0.260 e. The third-order valence-corrected chi connectivity index (χ3v) is 6.89. The zero-order chi connectivity index (χ0) is 21.2. The number of nitrogens with one attached hydrogen (secondary N) is 2. The molecule has 1 saturated heterocycles. The highest BCUT2D eigenvalue weighted by molar-refractivity contribution is 7.13. The molecule has 5 heteroatoms. The lowest BCUT2D eigenvalue weighted by molar-refractivity contribution is 0.217. The van der Waals surface area contributed by atoms with E-state index >= 15 is 0 Å². The Morgan fingerprint density at radius 1 is 1.03 bits per heavy atom. The largest absolute Gasteiger partial charge is 0.492 e. The van der Waals surface area contributed by atoms with E-state index in [-0.39, 0.29) is 5.56 Å². The van der Waals surface area contributed by atoms with Gasteiger partial charge < -0.3 is 15.0 Å². The molecule has 1 fully saturated rings. The molecule has 0 spiro atoms. The molecule has 0 atom stereocenters. The third-order valence-electron chi connectivity index (χ3n) is 6.01. The van der Waals surface area contributed by atoms with Gasteiger partial charge >= 0.3 is 0 Å². The second-order valence-electron chi connectivity index (χ2n) is 8.27. The molecule has 3 heterocycles. The summed E-state index contributed by atoms with van der Waals surface area (Å²) >= 11 is 1.57. The number of H-pyrrole nitrogens is 1. The lowest BCUT2D eigenvalue weighted by Crippen LogP contribution is -2.30. The smallest absolute Gasteiger partial charge is 0.260 e. The number of benzene rings is 2. The van der Waals surface area contributed by atoms with E-state index in [9.17, 15) is 4.79 Å². The van der Waals surface area contributed by atoms with Crippen LogP contribution in [0.25, 0.3) is 32.5 Å². The van der Waals surface area contributed by atoms with Crippen molar-refractivity contribution in [3.8, 4) is 27.3 Å². The van der Waals surface area contributed by atoms with Gasteiger partial charge in [0.25, 0.3) is 5.56 Å². The Morgan fingerprint density at radius 2 is 1.87 bits per heavy atom. The maximum atomic E-state index is 13.1. The molecular formula is C26H26N2O2S. The summed E-state index contributed by atoms with van der Waals surface area (Å²) in [5, 5.41) is 6.36. The van der Waals surface area contributed by atoms with Gasteiger partial charge in [0.2, 0.25) is 0 Å². The summed E-state index contributed by atoms with van der Waals surface area (Å²) in [6, 6.07) is 18.6. The molecule has 0 radical (unpaired) electrons. The van der Waals surface area contributed by atoms with E-state index in [0.29, 0.717) is 23.8 Å². The molecule has 4 nitrogen and oxygen atoms in total. The maximum absolute atomic E-state index is 13.1. The number of piperidine rings is 1. The van der Waals surface area contributed by atoms with E-state index in [0.717, 1.165) is 52.8 Å². The van der Waals surface area contributed by atoms with Gasteiger partial charge in [-0.2, -0.15) is 0 Å². The van der Waals surface area contributed by atoms with Crippen LogP contribution in [0.2, 0.25) is 0 Å². The number of hydrogen-bond acceptors (Lipinski definition) is 4. The first kappa shape index (κ1) is 20.0. The first-order chi connectivity index (χ1) is 15.2. The molecule has 4 aromatic rings. The summed E-state index contributed by atoms with van der Waals surface area (Å²) in [5.41, 5.74) is 4.85. The van der Waals surface area contributed by atoms with Crippen LogP contribution in [0.3, 0.4) is 0 Å². The minimum atomic E-state index is -0.0985. The highest BCUT2D eigenvalue weighted by Crippen LogP contribution is 2.37. The summed E-state index contributed by atoms with van der Waals surface area (Å²) < 4.78 is 6.47. The number of hydrogen-bond donors (Lipinski definition) is 2. The quantitative estimate of drug-likeness (QED) is 0.433. The van der Waals surface area contributed by atoms with Crippen molar-refractivity contribution in [2.75, 3.05) is 19.7 Å². The van der Waals surface area contributed by atoms with E-state index in [1.54, 1.807) is 11.3 Å². The van der Waals surface area contributed by atoms with Gasteiger partial charge in [-0.3, -0.25) is 4.79 Å². The molecule has 0 aliphatic carbocycles. The van der Waals surface area contributed by atoms with Crippen molar-refractivity contribution >= 4 is 22.2 Å². The summed E-state index contributed by atoms with van der Waals surface area (Å²) in [6.07, 6.45) is 2.20. The molecule has 1 aliphatic heterocycles. The molecule has 2 aromatic heterocycles. The normalized spacial score (nSPS) is 14.7. The molecule has 0 bridgehead atoms. The topological polar surface area (TPSA) is 54.1 Å². The van der Waals surface area contributed by atoms with E-state index in [4.69, 9.17) is 4.74 Å². The van der Waals surface area contributed by atoms with Crippen molar-refractivity contribution in [1.29, 1.82) is 0 Å². The summed E-state index contributed by atoms with van der Waals surface area (Å²) in [7, 11) is 0. The summed E-state index contributed by atoms with van der Waals surface area (Å²) in [5.74, 6) is 1.21. The Bertz CT molecular complexity index is 1250. The van der Waals surface area contributed by atoms with Gasteiger partial charge in [0.15, 0.2) is 0 Å². The van der Waals surface area contributed by atoms with Crippen LogP contribution in [0, 0.1) is 12.8 Å².